The number of halogens is 1. The zero-order valence-corrected chi connectivity index (χ0v) is 16.3. The molecule has 1 atom stereocenters. The van der Waals surface area contributed by atoms with E-state index in [1.807, 2.05) is 6.92 Å². The highest BCUT2D eigenvalue weighted by molar-refractivity contribution is 6.31. The minimum Gasteiger partial charge on any atom is -0.312 e. The van der Waals surface area contributed by atoms with E-state index in [1.165, 1.54) is 0 Å². The molecule has 2 aromatic rings. The third-order valence-corrected chi connectivity index (χ3v) is 4.97. The number of Topliss-reactive ketones (excluding diaryl/α,β-unsaturated/α-hetero) is 1. The molecule has 1 saturated heterocycles. The molecule has 0 radical (unpaired) electrons. The molecule has 0 saturated carbocycles. The summed E-state index contributed by atoms with van der Waals surface area (Å²) in [6.45, 7) is 4.60. The highest BCUT2D eigenvalue weighted by atomic mass is 35.5. The normalized spacial score (nSPS) is 16.9. The molecule has 1 aromatic heterocycles. The predicted octanol–water partition coefficient (Wildman–Crippen LogP) is 3.99. The molecule has 1 aromatic carbocycles. The van der Waals surface area contributed by atoms with Crippen molar-refractivity contribution >= 4 is 29.4 Å². The average molecular weight is 387 g/mol. The van der Waals surface area contributed by atoms with Crippen LogP contribution in [0.1, 0.15) is 42.6 Å². The van der Waals surface area contributed by atoms with E-state index >= 15 is 0 Å². The van der Waals surface area contributed by atoms with E-state index in [4.69, 9.17) is 11.6 Å². The van der Waals surface area contributed by atoms with Gasteiger partial charge in [-0.25, -0.2) is 14.8 Å². The number of urea groups is 1. The van der Waals surface area contributed by atoms with E-state index in [0.717, 1.165) is 24.8 Å². The summed E-state index contributed by atoms with van der Waals surface area (Å²) in [6, 6.07) is 6.53. The fourth-order valence-corrected chi connectivity index (χ4v) is 3.41. The van der Waals surface area contributed by atoms with Gasteiger partial charge in [0.25, 0.3) is 0 Å². The molecule has 142 valence electrons. The van der Waals surface area contributed by atoms with Crippen LogP contribution < -0.4 is 4.90 Å². The van der Waals surface area contributed by atoms with Crippen LogP contribution in [0.3, 0.4) is 0 Å². The lowest BCUT2D eigenvalue weighted by atomic mass is 10.1. The molecule has 3 rings (SSSR count). The molecular weight excluding hydrogens is 364 g/mol. The van der Waals surface area contributed by atoms with Crippen molar-refractivity contribution in [2.75, 3.05) is 18.0 Å². The Morgan fingerprint density at radius 2 is 2.00 bits per heavy atom. The van der Waals surface area contributed by atoms with E-state index in [0.29, 0.717) is 23.1 Å². The van der Waals surface area contributed by atoms with E-state index < -0.39 is 0 Å². The summed E-state index contributed by atoms with van der Waals surface area (Å²) in [5.74, 6) is 0.257. The zero-order chi connectivity index (χ0) is 19.4. The third kappa shape index (κ3) is 4.27. The lowest BCUT2D eigenvalue weighted by molar-refractivity contribution is 0.0935. The summed E-state index contributed by atoms with van der Waals surface area (Å²) in [6.07, 6.45) is 6.06. The molecule has 27 heavy (non-hydrogen) atoms. The van der Waals surface area contributed by atoms with Gasteiger partial charge in [-0.3, -0.25) is 9.69 Å². The Hall–Kier alpha value is -2.47. The number of anilines is 1. The Morgan fingerprint density at radius 1 is 1.26 bits per heavy atom. The molecule has 7 heteroatoms. The topological polar surface area (TPSA) is 66.4 Å². The molecule has 0 spiro atoms. The van der Waals surface area contributed by atoms with Crippen LogP contribution in [0.15, 0.2) is 36.7 Å². The van der Waals surface area contributed by atoms with Gasteiger partial charge in [-0.2, -0.15) is 0 Å². The van der Waals surface area contributed by atoms with Crippen LogP contribution in [0, 0.1) is 0 Å². The van der Waals surface area contributed by atoms with Gasteiger partial charge in [0.15, 0.2) is 5.78 Å². The van der Waals surface area contributed by atoms with Crippen molar-refractivity contribution in [1.29, 1.82) is 0 Å². The van der Waals surface area contributed by atoms with Crippen LogP contribution in [0.2, 0.25) is 5.02 Å². The molecule has 0 aliphatic carbocycles. The van der Waals surface area contributed by atoms with Gasteiger partial charge in [0, 0.05) is 23.0 Å². The van der Waals surface area contributed by atoms with E-state index in [-0.39, 0.29) is 24.4 Å². The van der Waals surface area contributed by atoms with Crippen LogP contribution in [-0.2, 0) is 6.42 Å². The van der Waals surface area contributed by atoms with Crippen LogP contribution in [0.4, 0.5) is 10.7 Å². The van der Waals surface area contributed by atoms with Crippen molar-refractivity contribution in [3.05, 3.63) is 52.8 Å². The Bertz CT molecular complexity index is 825. The second-order valence-electron chi connectivity index (χ2n) is 6.64. The number of aryl methyl sites for hydroxylation is 1. The smallest absolute Gasteiger partial charge is 0.312 e. The van der Waals surface area contributed by atoms with Crippen LogP contribution in [0.5, 0.6) is 0 Å². The second kappa shape index (κ2) is 8.48. The summed E-state index contributed by atoms with van der Waals surface area (Å²) in [4.78, 5) is 37.5. The highest BCUT2D eigenvalue weighted by Crippen LogP contribution is 2.24. The molecule has 0 N–H and O–H groups in total. The van der Waals surface area contributed by atoms with Gasteiger partial charge < -0.3 is 4.90 Å². The maximum Gasteiger partial charge on any atom is 0.327 e. The predicted molar refractivity (Wildman–Crippen MR) is 105 cm³/mol. The van der Waals surface area contributed by atoms with Crippen molar-refractivity contribution in [2.24, 2.45) is 0 Å². The van der Waals surface area contributed by atoms with Crippen molar-refractivity contribution in [1.82, 2.24) is 14.9 Å². The van der Waals surface area contributed by atoms with Gasteiger partial charge in [0.2, 0.25) is 5.95 Å². The first kappa shape index (κ1) is 19.3. The Morgan fingerprint density at radius 3 is 2.63 bits per heavy atom. The summed E-state index contributed by atoms with van der Waals surface area (Å²) < 4.78 is 0. The first-order chi connectivity index (χ1) is 13.0. The first-order valence-electron chi connectivity index (χ1n) is 9.21. The van der Waals surface area contributed by atoms with Crippen LogP contribution in [0.25, 0.3) is 0 Å². The molecular formula is C20H23ClN4O2. The molecule has 1 aliphatic rings. The lowest BCUT2D eigenvalue weighted by Crippen LogP contribution is -2.39. The number of nitrogens with zero attached hydrogens (tertiary/aromatic N) is 4. The number of ketones is 1. The highest BCUT2D eigenvalue weighted by Gasteiger charge is 2.39. The SMILES string of the molecule is CCC[C@H]1CN(c2ncc(CC)cn2)C(=O)N1CC(=O)c1cccc(Cl)c1. The molecule has 2 amide bonds. The molecule has 6 nitrogen and oxygen atoms in total. The molecule has 1 aliphatic heterocycles. The van der Waals surface area contributed by atoms with E-state index in [1.54, 1.807) is 46.5 Å². The number of amides is 2. The minimum atomic E-state index is -0.229. The molecule has 0 bridgehead atoms. The fraction of sp³-hybridized carbons (Fsp3) is 0.400. The summed E-state index contributed by atoms with van der Waals surface area (Å²) >= 11 is 5.98. The van der Waals surface area contributed by atoms with Gasteiger partial charge in [0.1, 0.15) is 0 Å². The lowest BCUT2D eigenvalue weighted by Gasteiger charge is -2.22. The molecule has 1 fully saturated rings. The summed E-state index contributed by atoms with van der Waals surface area (Å²) in [5.41, 5.74) is 1.52. The molecule has 0 unspecified atom stereocenters. The van der Waals surface area contributed by atoms with Gasteiger partial charge in [-0.15, -0.1) is 0 Å². The average Bonchev–Trinajstić information content (AvgIpc) is 2.98. The van der Waals surface area contributed by atoms with Crippen LogP contribution >= 0.6 is 11.6 Å². The number of hydrogen-bond donors (Lipinski definition) is 0. The van der Waals surface area contributed by atoms with Gasteiger partial charge in [-0.05, 0) is 30.5 Å². The number of carbonyl (C=O) groups excluding carboxylic acids is 2. The molecule has 2 heterocycles. The fourth-order valence-electron chi connectivity index (χ4n) is 3.22. The van der Waals surface area contributed by atoms with Crippen molar-refractivity contribution in [2.45, 2.75) is 39.2 Å². The van der Waals surface area contributed by atoms with Gasteiger partial charge in [0.05, 0.1) is 19.1 Å². The van der Waals surface area contributed by atoms with E-state index in [2.05, 4.69) is 16.9 Å². The number of aromatic nitrogens is 2. The monoisotopic (exact) mass is 386 g/mol. The summed E-state index contributed by atoms with van der Waals surface area (Å²) in [7, 11) is 0. The van der Waals surface area contributed by atoms with Crippen LogP contribution in [-0.4, -0.2) is 45.8 Å². The van der Waals surface area contributed by atoms with Gasteiger partial charge >= 0.3 is 6.03 Å². The Labute approximate surface area is 164 Å². The number of rotatable bonds is 7. The number of carbonyl (C=O) groups is 2. The first-order valence-corrected chi connectivity index (χ1v) is 9.59. The standard InChI is InChI=1S/C20H23ClN4O2/c1-3-6-17-12-25(19-22-10-14(4-2)11-23-19)20(27)24(17)13-18(26)15-7-5-8-16(21)9-15/h5,7-11,17H,3-4,6,12-13H2,1-2H3/t17-/m0/s1. The van der Waals surface area contributed by atoms with Crippen molar-refractivity contribution in [3.63, 3.8) is 0 Å². The maximum atomic E-state index is 13.0. The van der Waals surface area contributed by atoms with Crippen molar-refractivity contribution in [3.8, 4) is 0 Å². The largest absolute Gasteiger partial charge is 0.327 e. The number of benzene rings is 1. The minimum absolute atomic E-state index is 0.0212. The Kier molecular flexibility index (Phi) is 6.06. The maximum absolute atomic E-state index is 13.0. The number of hydrogen-bond acceptors (Lipinski definition) is 4. The van der Waals surface area contributed by atoms with Gasteiger partial charge in [-0.1, -0.05) is 44.0 Å². The Balaban J connectivity index is 1.80. The quantitative estimate of drug-likeness (QED) is 0.675. The summed E-state index contributed by atoms with van der Waals surface area (Å²) in [5, 5.41) is 0.504. The zero-order valence-electron chi connectivity index (χ0n) is 15.6. The van der Waals surface area contributed by atoms with Crippen molar-refractivity contribution < 1.29 is 9.59 Å². The van der Waals surface area contributed by atoms with E-state index in [9.17, 15) is 9.59 Å². The second-order valence-corrected chi connectivity index (χ2v) is 7.08. The third-order valence-electron chi connectivity index (χ3n) is 4.73.